The molecule has 0 aromatic carbocycles. The molecule has 0 heterocycles. The fraction of sp³-hybridized carbons (Fsp3) is 0.833. The minimum atomic E-state index is -0.932. The lowest BCUT2D eigenvalue weighted by atomic mass is 10.2. The number of aliphatic hydroxyl groups excluding tert-OH is 1. The molecule has 1 unspecified atom stereocenters. The molecular formula is C12H23NO6. The molecule has 0 saturated heterocycles. The highest BCUT2D eigenvalue weighted by molar-refractivity contribution is 5.81. The first-order valence-corrected chi connectivity index (χ1v) is 6.06. The average molecular weight is 277 g/mol. The first-order chi connectivity index (χ1) is 8.80. The number of carbonyl (C=O) groups is 2. The van der Waals surface area contributed by atoms with Crippen molar-refractivity contribution in [2.45, 2.75) is 38.8 Å². The maximum atomic E-state index is 11.5. The number of alkyl carbamates (subject to hydrolysis) is 1. The Morgan fingerprint density at radius 3 is 2.42 bits per heavy atom. The lowest BCUT2D eigenvalue weighted by Crippen LogP contribution is -2.46. The van der Waals surface area contributed by atoms with Crippen LogP contribution in [-0.2, 0) is 19.0 Å². The second kappa shape index (κ2) is 8.71. The Morgan fingerprint density at radius 2 is 1.95 bits per heavy atom. The van der Waals surface area contributed by atoms with Crippen LogP contribution < -0.4 is 5.32 Å². The number of carbonyl (C=O) groups excluding carboxylic acids is 2. The van der Waals surface area contributed by atoms with E-state index >= 15 is 0 Å². The van der Waals surface area contributed by atoms with Crippen LogP contribution in [0.25, 0.3) is 0 Å². The summed E-state index contributed by atoms with van der Waals surface area (Å²) in [6.45, 7) is 5.42. The van der Waals surface area contributed by atoms with Crippen molar-refractivity contribution in [2.24, 2.45) is 0 Å². The maximum absolute atomic E-state index is 11.5. The van der Waals surface area contributed by atoms with Gasteiger partial charge in [-0.3, -0.25) is 0 Å². The predicted octanol–water partition coefficient (Wildman–Crippen LogP) is 0.452. The first kappa shape index (κ1) is 17.7. The summed E-state index contributed by atoms with van der Waals surface area (Å²) in [5, 5.41) is 11.0. The van der Waals surface area contributed by atoms with E-state index in [1.54, 1.807) is 20.8 Å². The summed E-state index contributed by atoms with van der Waals surface area (Å²) >= 11 is 0. The minimum absolute atomic E-state index is 0.00237. The second-order valence-electron chi connectivity index (χ2n) is 4.87. The molecule has 0 aromatic rings. The van der Waals surface area contributed by atoms with Crippen molar-refractivity contribution in [1.29, 1.82) is 0 Å². The van der Waals surface area contributed by atoms with Gasteiger partial charge >= 0.3 is 12.1 Å². The highest BCUT2D eigenvalue weighted by Crippen LogP contribution is 2.07. The molecule has 1 atom stereocenters. The monoisotopic (exact) mass is 277 g/mol. The zero-order chi connectivity index (χ0) is 14.9. The van der Waals surface area contributed by atoms with Crippen LogP contribution in [0.2, 0.25) is 0 Å². The SMILES string of the molecule is COC(=O)C(COCCCO)NC(=O)OC(C)(C)C. The quantitative estimate of drug-likeness (QED) is 0.518. The van der Waals surface area contributed by atoms with E-state index in [2.05, 4.69) is 10.1 Å². The number of methoxy groups -OCH3 is 1. The number of esters is 1. The Morgan fingerprint density at radius 1 is 1.32 bits per heavy atom. The summed E-state index contributed by atoms with van der Waals surface area (Å²) < 4.78 is 14.8. The van der Waals surface area contributed by atoms with E-state index in [0.717, 1.165) is 0 Å². The van der Waals surface area contributed by atoms with Gasteiger partial charge in [-0.05, 0) is 27.2 Å². The summed E-state index contributed by atoms with van der Waals surface area (Å²) in [7, 11) is 1.22. The third-order valence-corrected chi connectivity index (χ3v) is 1.91. The van der Waals surface area contributed by atoms with Gasteiger partial charge in [0.05, 0.1) is 13.7 Å². The fourth-order valence-electron chi connectivity index (χ4n) is 1.13. The normalized spacial score (nSPS) is 12.7. The van der Waals surface area contributed by atoms with E-state index in [1.165, 1.54) is 7.11 Å². The second-order valence-corrected chi connectivity index (χ2v) is 4.87. The molecule has 0 aliphatic rings. The molecule has 0 aliphatic carbocycles. The summed E-state index contributed by atoms with van der Waals surface area (Å²) in [5.74, 6) is -0.616. The highest BCUT2D eigenvalue weighted by atomic mass is 16.6. The Hall–Kier alpha value is -1.34. The van der Waals surface area contributed by atoms with Gasteiger partial charge in [-0.25, -0.2) is 9.59 Å². The molecule has 7 nitrogen and oxygen atoms in total. The Bertz CT molecular complexity index is 286. The number of ether oxygens (including phenoxy) is 3. The van der Waals surface area contributed by atoms with Crippen molar-refractivity contribution < 1.29 is 28.9 Å². The molecule has 0 fully saturated rings. The molecule has 0 aliphatic heterocycles. The molecule has 0 radical (unpaired) electrons. The van der Waals surface area contributed by atoms with Crippen LogP contribution in [0.1, 0.15) is 27.2 Å². The zero-order valence-corrected chi connectivity index (χ0v) is 11.9. The Kier molecular flexibility index (Phi) is 8.09. The van der Waals surface area contributed by atoms with Crippen LogP contribution in [0.15, 0.2) is 0 Å². The number of rotatable bonds is 7. The Labute approximate surface area is 113 Å². The van der Waals surface area contributed by atoms with Gasteiger partial charge in [0.15, 0.2) is 6.04 Å². The van der Waals surface area contributed by atoms with Crippen molar-refractivity contribution in [3.63, 3.8) is 0 Å². The predicted molar refractivity (Wildman–Crippen MR) is 67.7 cm³/mol. The number of amides is 1. The Balaban J connectivity index is 4.27. The van der Waals surface area contributed by atoms with Crippen LogP contribution in [0, 0.1) is 0 Å². The van der Waals surface area contributed by atoms with E-state index in [4.69, 9.17) is 14.6 Å². The molecular weight excluding hydrogens is 254 g/mol. The zero-order valence-electron chi connectivity index (χ0n) is 11.9. The topological polar surface area (TPSA) is 94.1 Å². The van der Waals surface area contributed by atoms with Crippen molar-refractivity contribution in [1.82, 2.24) is 5.32 Å². The molecule has 1 amide bonds. The molecule has 0 rings (SSSR count). The van der Waals surface area contributed by atoms with Crippen molar-refractivity contribution in [2.75, 3.05) is 26.9 Å². The maximum Gasteiger partial charge on any atom is 0.408 e. The van der Waals surface area contributed by atoms with Gasteiger partial charge in [-0.1, -0.05) is 0 Å². The summed E-state index contributed by atoms with van der Waals surface area (Å²) in [6.07, 6.45) is -0.256. The van der Waals surface area contributed by atoms with Crippen LogP contribution in [0.4, 0.5) is 4.79 Å². The van der Waals surface area contributed by atoms with E-state index in [0.29, 0.717) is 13.0 Å². The van der Waals surface area contributed by atoms with Gasteiger partial charge in [-0.15, -0.1) is 0 Å². The van der Waals surface area contributed by atoms with E-state index < -0.39 is 23.7 Å². The van der Waals surface area contributed by atoms with Crippen LogP contribution >= 0.6 is 0 Å². The van der Waals surface area contributed by atoms with E-state index in [-0.39, 0.29) is 13.2 Å². The summed E-state index contributed by atoms with van der Waals surface area (Å²) in [4.78, 5) is 23.0. The summed E-state index contributed by atoms with van der Waals surface area (Å²) in [5.41, 5.74) is -0.650. The van der Waals surface area contributed by atoms with Gasteiger partial charge in [0, 0.05) is 13.2 Å². The van der Waals surface area contributed by atoms with E-state index in [9.17, 15) is 9.59 Å². The lowest BCUT2D eigenvalue weighted by molar-refractivity contribution is -0.144. The van der Waals surface area contributed by atoms with Gasteiger partial charge in [0.1, 0.15) is 5.60 Å². The third kappa shape index (κ3) is 9.26. The molecule has 19 heavy (non-hydrogen) atoms. The third-order valence-electron chi connectivity index (χ3n) is 1.91. The van der Waals surface area contributed by atoms with Gasteiger partial charge in [-0.2, -0.15) is 0 Å². The standard InChI is InChI=1S/C12H23NO6/c1-12(2,3)19-11(16)13-9(10(15)17-4)8-18-7-5-6-14/h9,14H,5-8H2,1-4H3,(H,13,16). The smallest absolute Gasteiger partial charge is 0.408 e. The number of hydrogen-bond acceptors (Lipinski definition) is 6. The number of hydrogen-bond donors (Lipinski definition) is 2. The van der Waals surface area contributed by atoms with Crippen molar-refractivity contribution in [3.05, 3.63) is 0 Å². The van der Waals surface area contributed by atoms with Gasteiger partial charge < -0.3 is 24.6 Å². The molecule has 2 N–H and O–H groups in total. The molecule has 7 heteroatoms. The molecule has 0 spiro atoms. The summed E-state index contributed by atoms with van der Waals surface area (Å²) in [6, 6.07) is -0.932. The van der Waals surface area contributed by atoms with Crippen LogP contribution in [0.3, 0.4) is 0 Å². The number of aliphatic hydroxyl groups is 1. The highest BCUT2D eigenvalue weighted by Gasteiger charge is 2.25. The van der Waals surface area contributed by atoms with Crippen LogP contribution in [0.5, 0.6) is 0 Å². The van der Waals surface area contributed by atoms with Crippen LogP contribution in [-0.4, -0.2) is 55.7 Å². The van der Waals surface area contributed by atoms with E-state index in [1.807, 2.05) is 0 Å². The molecule has 0 saturated carbocycles. The lowest BCUT2D eigenvalue weighted by Gasteiger charge is -2.22. The minimum Gasteiger partial charge on any atom is -0.467 e. The fourth-order valence-corrected chi connectivity index (χ4v) is 1.13. The van der Waals surface area contributed by atoms with Gasteiger partial charge in [0.25, 0.3) is 0 Å². The molecule has 0 aromatic heterocycles. The molecule has 112 valence electrons. The molecule has 0 bridgehead atoms. The van der Waals surface area contributed by atoms with Crippen molar-refractivity contribution >= 4 is 12.1 Å². The largest absolute Gasteiger partial charge is 0.467 e. The van der Waals surface area contributed by atoms with Crippen molar-refractivity contribution in [3.8, 4) is 0 Å². The average Bonchev–Trinajstić information content (AvgIpc) is 2.29. The van der Waals surface area contributed by atoms with Gasteiger partial charge in [0.2, 0.25) is 0 Å². The number of nitrogens with one attached hydrogen (secondary N) is 1. The first-order valence-electron chi connectivity index (χ1n) is 6.06.